The number of aryl methyl sites for hydroxylation is 1. The van der Waals surface area contributed by atoms with Gasteiger partial charge in [0.1, 0.15) is 11.6 Å². The normalized spacial score (nSPS) is 10.8. The van der Waals surface area contributed by atoms with Crippen LogP contribution in [-0.2, 0) is 17.8 Å². The van der Waals surface area contributed by atoms with E-state index in [0.717, 1.165) is 24.3 Å². The van der Waals surface area contributed by atoms with Gasteiger partial charge in [0.2, 0.25) is 4.96 Å². The number of unbranched alkanes of at least 4 members (excludes halogenated alkanes) is 1. The highest BCUT2D eigenvalue weighted by atomic mass is 32.1. The number of aromatic nitrogens is 3. The Kier molecular flexibility index (Phi) is 6.89. The maximum atomic E-state index is 12.7. The lowest BCUT2D eigenvalue weighted by Crippen LogP contribution is -2.18. The maximum absolute atomic E-state index is 12.7. The second kappa shape index (κ2) is 10.2. The van der Waals surface area contributed by atoms with Gasteiger partial charge in [0.05, 0.1) is 16.9 Å². The van der Waals surface area contributed by atoms with E-state index in [9.17, 15) is 14.4 Å². The molecule has 0 aliphatic carbocycles. The third-order valence-electron chi connectivity index (χ3n) is 4.87. The first-order valence-corrected chi connectivity index (χ1v) is 11.4. The number of rotatable bonds is 8. The smallest absolute Gasteiger partial charge is 0.340 e. The van der Waals surface area contributed by atoms with Gasteiger partial charge in [0.25, 0.3) is 11.5 Å². The van der Waals surface area contributed by atoms with Crippen molar-refractivity contribution in [3.8, 4) is 0 Å². The summed E-state index contributed by atoms with van der Waals surface area (Å²) >= 11 is 1.36. The predicted octanol–water partition coefficient (Wildman–Crippen LogP) is 4.10. The highest BCUT2D eigenvalue weighted by Crippen LogP contribution is 2.19. The van der Waals surface area contributed by atoms with Gasteiger partial charge in [-0.25, -0.2) is 9.78 Å². The van der Waals surface area contributed by atoms with E-state index >= 15 is 0 Å². The van der Waals surface area contributed by atoms with Crippen LogP contribution in [0, 0.1) is 0 Å². The van der Waals surface area contributed by atoms with E-state index < -0.39 is 5.97 Å². The lowest BCUT2D eigenvalue weighted by molar-refractivity contribution is 0.0469. The molecular formula is C24H22N4O4S. The minimum atomic E-state index is -0.631. The third-order valence-corrected chi connectivity index (χ3v) is 5.83. The quantitative estimate of drug-likeness (QED) is 0.396. The Bertz CT molecular complexity index is 1350. The zero-order valence-electron chi connectivity index (χ0n) is 18.0. The summed E-state index contributed by atoms with van der Waals surface area (Å²) in [5, 5.41) is 7.90. The predicted molar refractivity (Wildman–Crippen MR) is 126 cm³/mol. The van der Waals surface area contributed by atoms with Gasteiger partial charge in [-0.3, -0.25) is 9.59 Å². The van der Waals surface area contributed by atoms with Crippen LogP contribution >= 0.6 is 11.3 Å². The van der Waals surface area contributed by atoms with Crippen LogP contribution in [0.3, 0.4) is 0 Å². The molecule has 0 aliphatic heterocycles. The number of hydrogen-bond acceptors (Lipinski definition) is 7. The van der Waals surface area contributed by atoms with Gasteiger partial charge in [0, 0.05) is 18.1 Å². The number of fused-ring (bicyclic) bond motifs is 1. The van der Waals surface area contributed by atoms with E-state index in [1.807, 2.05) is 6.07 Å². The molecule has 4 aromatic rings. The lowest BCUT2D eigenvalue weighted by Gasteiger charge is -2.11. The van der Waals surface area contributed by atoms with Gasteiger partial charge in [0.15, 0.2) is 0 Å². The molecule has 1 N–H and O–H groups in total. The first-order valence-electron chi connectivity index (χ1n) is 10.6. The van der Waals surface area contributed by atoms with Gasteiger partial charge >= 0.3 is 5.97 Å². The zero-order valence-corrected chi connectivity index (χ0v) is 18.8. The van der Waals surface area contributed by atoms with Gasteiger partial charge in [-0.05, 0) is 30.7 Å². The lowest BCUT2D eigenvalue weighted by atomic mass is 10.1. The van der Waals surface area contributed by atoms with Crippen LogP contribution in [0.5, 0.6) is 0 Å². The minimum absolute atomic E-state index is 0.173. The molecule has 33 heavy (non-hydrogen) atoms. The van der Waals surface area contributed by atoms with Crippen molar-refractivity contribution in [1.82, 2.24) is 14.6 Å². The highest BCUT2D eigenvalue weighted by molar-refractivity contribution is 7.16. The fourth-order valence-corrected chi connectivity index (χ4v) is 4.13. The molecule has 2 heterocycles. The SMILES string of the molecule is CCCCc1nn2c(=O)cc(COC(=O)c3ccccc3NC(=O)c3ccccc3)nc2s1. The summed E-state index contributed by atoms with van der Waals surface area (Å²) < 4.78 is 6.67. The van der Waals surface area contributed by atoms with Crippen molar-refractivity contribution in [2.45, 2.75) is 32.8 Å². The zero-order chi connectivity index (χ0) is 23.2. The molecule has 0 saturated carbocycles. The number of benzene rings is 2. The minimum Gasteiger partial charge on any atom is -0.456 e. The standard InChI is InChI=1S/C24H22N4O4S/c1-2-3-13-20-27-28-21(29)14-17(25-24(28)33-20)15-32-23(31)18-11-7-8-12-19(18)26-22(30)16-9-5-4-6-10-16/h4-12,14H,2-3,13,15H2,1H3,(H,26,30). The fourth-order valence-electron chi connectivity index (χ4n) is 3.17. The van der Waals surface area contributed by atoms with Crippen molar-refractivity contribution in [2.24, 2.45) is 0 Å². The summed E-state index contributed by atoms with van der Waals surface area (Å²) in [6, 6.07) is 16.6. The molecule has 4 rings (SSSR count). The number of carbonyl (C=O) groups excluding carboxylic acids is 2. The molecule has 0 saturated heterocycles. The van der Waals surface area contributed by atoms with E-state index in [1.54, 1.807) is 48.5 Å². The monoisotopic (exact) mass is 462 g/mol. The number of esters is 1. The summed E-state index contributed by atoms with van der Waals surface area (Å²) in [6.45, 7) is 1.92. The van der Waals surface area contributed by atoms with Crippen molar-refractivity contribution >= 4 is 33.9 Å². The maximum Gasteiger partial charge on any atom is 0.340 e. The number of amides is 1. The molecule has 0 aliphatic rings. The molecule has 168 valence electrons. The Balaban J connectivity index is 1.47. The van der Waals surface area contributed by atoms with Gasteiger partial charge in [-0.15, -0.1) is 0 Å². The van der Waals surface area contributed by atoms with Gasteiger partial charge in [-0.2, -0.15) is 9.61 Å². The Morgan fingerprint density at radius 2 is 1.85 bits per heavy atom. The third kappa shape index (κ3) is 5.32. The Morgan fingerprint density at radius 1 is 1.09 bits per heavy atom. The van der Waals surface area contributed by atoms with Crippen molar-refractivity contribution in [3.63, 3.8) is 0 Å². The van der Waals surface area contributed by atoms with Crippen LogP contribution in [0.4, 0.5) is 5.69 Å². The summed E-state index contributed by atoms with van der Waals surface area (Å²) in [5.41, 5.74) is 1.04. The topological polar surface area (TPSA) is 103 Å². The second-order valence-corrected chi connectivity index (χ2v) is 8.36. The molecule has 2 aromatic heterocycles. The fraction of sp³-hybridized carbons (Fsp3) is 0.208. The van der Waals surface area contributed by atoms with Crippen LogP contribution in [0.25, 0.3) is 4.96 Å². The van der Waals surface area contributed by atoms with Crippen LogP contribution in [0.2, 0.25) is 0 Å². The molecule has 8 nitrogen and oxygen atoms in total. The van der Waals surface area contributed by atoms with E-state index in [1.165, 1.54) is 21.9 Å². The number of anilines is 1. The number of hydrogen-bond donors (Lipinski definition) is 1. The number of para-hydroxylation sites is 1. The highest BCUT2D eigenvalue weighted by Gasteiger charge is 2.16. The largest absolute Gasteiger partial charge is 0.456 e. The average molecular weight is 463 g/mol. The van der Waals surface area contributed by atoms with Crippen LogP contribution in [0.1, 0.15) is 51.2 Å². The van der Waals surface area contributed by atoms with E-state index in [0.29, 0.717) is 21.9 Å². The Morgan fingerprint density at radius 3 is 2.64 bits per heavy atom. The second-order valence-electron chi connectivity index (χ2n) is 7.32. The van der Waals surface area contributed by atoms with Gasteiger partial charge < -0.3 is 10.1 Å². The van der Waals surface area contributed by atoms with Crippen LogP contribution in [0.15, 0.2) is 65.5 Å². The summed E-state index contributed by atoms with van der Waals surface area (Å²) in [5.74, 6) is -0.964. The van der Waals surface area contributed by atoms with E-state index in [-0.39, 0.29) is 23.6 Å². The van der Waals surface area contributed by atoms with Crippen molar-refractivity contribution < 1.29 is 14.3 Å². The number of nitrogens with zero attached hydrogens (tertiary/aromatic N) is 3. The van der Waals surface area contributed by atoms with Gasteiger partial charge in [-0.1, -0.05) is 55.0 Å². The number of ether oxygens (including phenoxy) is 1. The average Bonchev–Trinajstić information content (AvgIpc) is 3.25. The first-order chi connectivity index (χ1) is 16.0. The molecule has 1 amide bonds. The molecule has 2 aromatic carbocycles. The Hall–Kier alpha value is -3.85. The number of nitrogens with one attached hydrogen (secondary N) is 1. The molecule has 0 atom stereocenters. The first kappa shape index (κ1) is 22.3. The molecular weight excluding hydrogens is 440 g/mol. The van der Waals surface area contributed by atoms with Crippen molar-refractivity contribution in [3.05, 3.63) is 92.8 Å². The molecule has 9 heteroatoms. The van der Waals surface area contributed by atoms with Crippen LogP contribution in [-0.4, -0.2) is 26.5 Å². The van der Waals surface area contributed by atoms with Crippen molar-refractivity contribution in [1.29, 1.82) is 0 Å². The molecule has 0 fully saturated rings. The molecule has 0 unspecified atom stereocenters. The Labute approximate surface area is 193 Å². The molecule has 0 bridgehead atoms. The van der Waals surface area contributed by atoms with Crippen LogP contribution < -0.4 is 10.9 Å². The summed E-state index contributed by atoms with van der Waals surface area (Å²) in [7, 11) is 0. The van der Waals surface area contributed by atoms with E-state index in [2.05, 4.69) is 22.3 Å². The summed E-state index contributed by atoms with van der Waals surface area (Å²) in [4.78, 5) is 42.5. The van der Waals surface area contributed by atoms with Crippen molar-refractivity contribution in [2.75, 3.05) is 5.32 Å². The molecule has 0 spiro atoms. The van der Waals surface area contributed by atoms with E-state index in [4.69, 9.17) is 4.74 Å². The molecule has 0 radical (unpaired) electrons. The summed E-state index contributed by atoms with van der Waals surface area (Å²) in [6.07, 6.45) is 2.81. The number of carbonyl (C=O) groups is 2.